The molecular weight excluding hydrogens is 432 g/mol. The van der Waals surface area contributed by atoms with E-state index in [-0.39, 0.29) is 18.4 Å². The average Bonchev–Trinajstić information content (AvgIpc) is 3.43. The third-order valence-corrected chi connectivity index (χ3v) is 7.38. The van der Waals surface area contributed by atoms with Crippen LogP contribution in [0.1, 0.15) is 55.6 Å². The summed E-state index contributed by atoms with van der Waals surface area (Å²) in [5.74, 6) is -1.42. The van der Waals surface area contributed by atoms with Crippen LogP contribution in [-0.2, 0) is 14.3 Å². The molecule has 3 atom stereocenters. The zero-order valence-corrected chi connectivity index (χ0v) is 19.0. The Morgan fingerprint density at radius 2 is 1.59 bits per heavy atom. The Kier molecular flexibility index (Phi) is 6.26. The number of ether oxygens (including phenoxy) is 1. The van der Waals surface area contributed by atoms with Gasteiger partial charge in [-0.3, -0.25) is 9.59 Å². The van der Waals surface area contributed by atoms with Crippen LogP contribution >= 0.6 is 0 Å². The van der Waals surface area contributed by atoms with Gasteiger partial charge >= 0.3 is 12.1 Å². The number of benzene rings is 2. The van der Waals surface area contributed by atoms with Gasteiger partial charge in [-0.2, -0.15) is 0 Å². The highest BCUT2D eigenvalue weighted by molar-refractivity contribution is 5.86. The van der Waals surface area contributed by atoms with Gasteiger partial charge in [0.05, 0.1) is 5.92 Å². The van der Waals surface area contributed by atoms with Crippen molar-refractivity contribution in [3.8, 4) is 11.1 Å². The number of hydrogen-bond acceptors (Lipinski definition) is 4. The van der Waals surface area contributed by atoms with Gasteiger partial charge in [-0.05, 0) is 47.4 Å². The summed E-state index contributed by atoms with van der Waals surface area (Å²) in [6, 6.07) is 15.2. The first-order valence-corrected chi connectivity index (χ1v) is 12.2. The minimum Gasteiger partial charge on any atom is -0.481 e. The molecule has 178 valence electrons. The number of carbonyl (C=O) groups is 3. The largest absolute Gasteiger partial charge is 0.481 e. The normalized spacial score (nSPS) is 21.9. The van der Waals surface area contributed by atoms with E-state index < -0.39 is 30.1 Å². The van der Waals surface area contributed by atoms with E-state index in [1.54, 1.807) is 0 Å². The third-order valence-electron chi connectivity index (χ3n) is 7.38. The van der Waals surface area contributed by atoms with Gasteiger partial charge in [0.2, 0.25) is 5.91 Å². The smallest absolute Gasteiger partial charge is 0.407 e. The molecule has 0 aliphatic heterocycles. The average molecular weight is 463 g/mol. The van der Waals surface area contributed by atoms with Gasteiger partial charge in [-0.1, -0.05) is 67.8 Å². The third kappa shape index (κ3) is 4.65. The second kappa shape index (κ2) is 9.49. The minimum absolute atomic E-state index is 0.0522. The van der Waals surface area contributed by atoms with Crippen molar-refractivity contribution in [2.75, 3.05) is 6.61 Å². The van der Waals surface area contributed by atoms with Crippen molar-refractivity contribution in [1.29, 1.82) is 0 Å². The maximum absolute atomic E-state index is 13.0. The van der Waals surface area contributed by atoms with Gasteiger partial charge in [-0.15, -0.1) is 0 Å². The van der Waals surface area contributed by atoms with E-state index in [1.165, 1.54) is 0 Å². The highest BCUT2D eigenvalue weighted by Crippen LogP contribution is 2.44. The number of amides is 2. The molecule has 0 spiro atoms. The van der Waals surface area contributed by atoms with E-state index in [0.717, 1.165) is 41.5 Å². The maximum atomic E-state index is 13.0. The van der Waals surface area contributed by atoms with Crippen LogP contribution in [0, 0.1) is 11.8 Å². The van der Waals surface area contributed by atoms with Crippen LogP contribution in [0.25, 0.3) is 11.1 Å². The van der Waals surface area contributed by atoms with E-state index in [1.807, 2.05) is 24.3 Å². The number of hydrogen-bond donors (Lipinski definition) is 3. The van der Waals surface area contributed by atoms with Crippen molar-refractivity contribution < 1.29 is 24.2 Å². The molecule has 3 aliphatic carbocycles. The molecule has 1 unspecified atom stereocenters. The van der Waals surface area contributed by atoms with Crippen LogP contribution in [0.4, 0.5) is 4.79 Å². The van der Waals surface area contributed by atoms with Crippen molar-refractivity contribution in [2.24, 2.45) is 11.8 Å². The van der Waals surface area contributed by atoms with E-state index >= 15 is 0 Å². The zero-order chi connectivity index (χ0) is 23.7. The Bertz CT molecular complexity index is 1050. The predicted octanol–water partition coefficient (Wildman–Crippen LogP) is 4.06. The molecule has 34 heavy (non-hydrogen) atoms. The summed E-state index contributed by atoms with van der Waals surface area (Å²) in [5, 5.41) is 15.0. The number of fused-ring (bicyclic) bond motifs is 3. The number of carboxylic acid groups (broad SMARTS) is 1. The number of aliphatic carboxylic acids is 1. The lowest BCUT2D eigenvalue weighted by Crippen LogP contribution is -2.51. The molecule has 0 heterocycles. The van der Waals surface area contributed by atoms with Crippen LogP contribution in [0.15, 0.2) is 48.5 Å². The Labute approximate surface area is 198 Å². The topological polar surface area (TPSA) is 105 Å². The summed E-state index contributed by atoms with van der Waals surface area (Å²) in [4.78, 5) is 37.2. The molecule has 2 saturated carbocycles. The van der Waals surface area contributed by atoms with E-state index in [0.29, 0.717) is 25.2 Å². The Morgan fingerprint density at radius 1 is 0.941 bits per heavy atom. The summed E-state index contributed by atoms with van der Waals surface area (Å²) in [6.07, 6.45) is 3.98. The van der Waals surface area contributed by atoms with Crippen molar-refractivity contribution in [3.63, 3.8) is 0 Å². The first-order chi connectivity index (χ1) is 16.5. The van der Waals surface area contributed by atoms with Crippen LogP contribution in [0.3, 0.4) is 0 Å². The standard InChI is InChI=1S/C27H30N2O5/c30-25(28-23-11-5-10-21(23)26(31)32)24(14-16-12-13-16)29-27(33)34-15-22-19-8-3-1-6-17(19)18-7-2-4-9-20(18)22/h1-4,6-9,16,21-24H,5,10-15H2,(H,28,30)(H,29,33)(H,31,32)/t21-,23+,24?/m1/s1. The Morgan fingerprint density at radius 3 is 2.21 bits per heavy atom. The number of carboxylic acids is 1. The molecule has 2 fully saturated rings. The molecule has 0 radical (unpaired) electrons. The molecule has 3 aliphatic rings. The van der Waals surface area contributed by atoms with E-state index in [9.17, 15) is 19.5 Å². The number of carbonyl (C=O) groups excluding carboxylic acids is 2. The fourth-order valence-corrected chi connectivity index (χ4v) is 5.41. The summed E-state index contributed by atoms with van der Waals surface area (Å²) < 4.78 is 5.63. The molecule has 5 rings (SSSR count). The molecule has 7 nitrogen and oxygen atoms in total. The van der Waals surface area contributed by atoms with Gasteiger partial charge in [0.15, 0.2) is 0 Å². The van der Waals surface area contributed by atoms with Crippen LogP contribution < -0.4 is 10.6 Å². The molecule has 2 aromatic carbocycles. The summed E-state index contributed by atoms with van der Waals surface area (Å²) in [7, 11) is 0. The SMILES string of the molecule is O=C(NC(CC1CC1)C(=O)N[C@H]1CCC[C@H]1C(=O)O)OCC1c2ccccc2-c2ccccc21. The van der Waals surface area contributed by atoms with Crippen molar-refractivity contribution >= 4 is 18.0 Å². The van der Waals surface area contributed by atoms with Crippen molar-refractivity contribution in [3.05, 3.63) is 59.7 Å². The number of rotatable bonds is 8. The Hall–Kier alpha value is -3.35. The lowest BCUT2D eigenvalue weighted by molar-refractivity contribution is -0.142. The quantitative estimate of drug-likeness (QED) is 0.549. The number of alkyl carbamates (subject to hydrolysis) is 1. The van der Waals surface area contributed by atoms with Gasteiger partial charge < -0.3 is 20.5 Å². The molecular formula is C27H30N2O5. The zero-order valence-electron chi connectivity index (χ0n) is 19.0. The molecule has 2 amide bonds. The molecule has 0 aromatic heterocycles. The minimum atomic E-state index is -0.883. The highest BCUT2D eigenvalue weighted by atomic mass is 16.5. The van der Waals surface area contributed by atoms with Crippen LogP contribution in [-0.4, -0.2) is 41.8 Å². The lowest BCUT2D eigenvalue weighted by Gasteiger charge is -2.23. The van der Waals surface area contributed by atoms with Gasteiger partial charge in [0.25, 0.3) is 0 Å². The van der Waals surface area contributed by atoms with Crippen molar-refractivity contribution in [1.82, 2.24) is 10.6 Å². The molecule has 0 saturated heterocycles. The fourth-order valence-electron chi connectivity index (χ4n) is 5.41. The first-order valence-electron chi connectivity index (χ1n) is 12.2. The summed E-state index contributed by atoms with van der Waals surface area (Å²) >= 11 is 0. The van der Waals surface area contributed by atoms with E-state index in [4.69, 9.17) is 4.74 Å². The second-order valence-electron chi connectivity index (χ2n) is 9.69. The molecule has 3 N–H and O–H groups in total. The Balaban J connectivity index is 1.22. The second-order valence-corrected chi connectivity index (χ2v) is 9.69. The van der Waals surface area contributed by atoms with Gasteiger partial charge in [0, 0.05) is 12.0 Å². The monoisotopic (exact) mass is 462 g/mol. The molecule has 2 aromatic rings. The van der Waals surface area contributed by atoms with Crippen LogP contribution in [0.5, 0.6) is 0 Å². The fraction of sp³-hybridized carbons (Fsp3) is 0.444. The van der Waals surface area contributed by atoms with Crippen molar-refractivity contribution in [2.45, 2.75) is 56.5 Å². The van der Waals surface area contributed by atoms with E-state index in [2.05, 4.69) is 34.9 Å². The maximum Gasteiger partial charge on any atom is 0.407 e. The summed E-state index contributed by atoms with van der Waals surface area (Å²) in [6.45, 7) is 0.182. The van der Waals surface area contributed by atoms with Gasteiger partial charge in [-0.25, -0.2) is 4.79 Å². The lowest BCUT2D eigenvalue weighted by atomic mass is 9.98. The first kappa shape index (κ1) is 22.4. The number of nitrogens with one attached hydrogen (secondary N) is 2. The molecule has 7 heteroatoms. The highest BCUT2D eigenvalue weighted by Gasteiger charge is 2.37. The molecule has 0 bridgehead atoms. The van der Waals surface area contributed by atoms with Gasteiger partial charge in [0.1, 0.15) is 12.6 Å². The summed E-state index contributed by atoms with van der Waals surface area (Å²) in [5.41, 5.74) is 4.57. The predicted molar refractivity (Wildman–Crippen MR) is 126 cm³/mol. The van der Waals surface area contributed by atoms with Crippen LogP contribution in [0.2, 0.25) is 0 Å².